The molecule has 0 saturated heterocycles. The van der Waals surface area contributed by atoms with Gasteiger partial charge in [0.2, 0.25) is 0 Å². The minimum absolute atomic E-state index is 0.299. The van der Waals surface area contributed by atoms with Crippen LogP contribution in [-0.2, 0) is 19.1 Å². The molecule has 0 rings (SSSR count). The van der Waals surface area contributed by atoms with E-state index < -0.39 is 24.0 Å². The molecule has 0 radical (unpaired) electrons. The van der Waals surface area contributed by atoms with Crippen molar-refractivity contribution in [3.8, 4) is 0 Å². The number of carboxylic acids is 1. The molecule has 0 fully saturated rings. The average Bonchev–Trinajstić information content (AvgIpc) is 2.11. The SMILES string of the molecule is CC(=O)CC(=O)OC(C[N+](C)(C)C)C(C)C(=O)O. The monoisotopic (exact) mass is 260 g/mol. The highest BCUT2D eigenvalue weighted by atomic mass is 16.5. The highest BCUT2D eigenvalue weighted by Gasteiger charge is 2.32. The molecule has 0 aromatic heterocycles. The molecule has 0 bridgehead atoms. The van der Waals surface area contributed by atoms with Gasteiger partial charge in [0.05, 0.1) is 27.1 Å². The Morgan fingerprint density at radius 1 is 1.22 bits per heavy atom. The Hall–Kier alpha value is -1.43. The number of carbonyl (C=O) groups is 3. The van der Waals surface area contributed by atoms with Crippen LogP contribution in [0.5, 0.6) is 0 Å². The van der Waals surface area contributed by atoms with Crippen molar-refractivity contribution in [2.75, 3.05) is 27.7 Å². The predicted molar refractivity (Wildman–Crippen MR) is 64.9 cm³/mol. The topological polar surface area (TPSA) is 80.7 Å². The summed E-state index contributed by atoms with van der Waals surface area (Å²) in [5, 5.41) is 8.98. The number of likely N-dealkylation sites (N-methyl/N-ethyl adjacent to an activating group) is 1. The fraction of sp³-hybridized carbons (Fsp3) is 0.750. The van der Waals surface area contributed by atoms with Crippen molar-refractivity contribution in [1.82, 2.24) is 0 Å². The Kier molecular flexibility index (Phi) is 5.97. The van der Waals surface area contributed by atoms with Gasteiger partial charge in [-0.2, -0.15) is 0 Å². The number of ether oxygens (including phenoxy) is 1. The van der Waals surface area contributed by atoms with Gasteiger partial charge in [0.25, 0.3) is 0 Å². The van der Waals surface area contributed by atoms with Crippen LogP contribution in [0.4, 0.5) is 0 Å². The number of quaternary nitrogens is 1. The number of esters is 1. The number of carboxylic acid groups (broad SMARTS) is 1. The van der Waals surface area contributed by atoms with Crippen molar-refractivity contribution in [3.05, 3.63) is 0 Å². The highest BCUT2D eigenvalue weighted by Crippen LogP contribution is 2.12. The molecule has 2 unspecified atom stereocenters. The van der Waals surface area contributed by atoms with E-state index >= 15 is 0 Å². The van der Waals surface area contributed by atoms with Gasteiger partial charge in [-0.25, -0.2) is 0 Å². The molecule has 6 heteroatoms. The molecule has 0 aliphatic carbocycles. The average molecular weight is 260 g/mol. The zero-order valence-corrected chi connectivity index (χ0v) is 11.6. The number of rotatable bonds is 7. The fourth-order valence-corrected chi connectivity index (χ4v) is 1.41. The number of ketones is 1. The number of carbonyl (C=O) groups excluding carboxylic acids is 2. The molecule has 0 spiro atoms. The van der Waals surface area contributed by atoms with Crippen molar-refractivity contribution in [2.45, 2.75) is 26.4 Å². The largest absolute Gasteiger partial charge is 0.481 e. The van der Waals surface area contributed by atoms with Crippen LogP contribution < -0.4 is 0 Å². The fourth-order valence-electron chi connectivity index (χ4n) is 1.41. The standard InChI is InChI=1S/C12H21NO5/c1-8(14)6-11(15)18-10(7-13(3,4)5)9(2)12(16)17/h9-10H,6-7H2,1-5H3/p+1. The summed E-state index contributed by atoms with van der Waals surface area (Å²) in [7, 11) is 5.63. The Labute approximate surface area is 107 Å². The third-order valence-corrected chi connectivity index (χ3v) is 2.35. The highest BCUT2D eigenvalue weighted by molar-refractivity contribution is 5.94. The van der Waals surface area contributed by atoms with Crippen molar-refractivity contribution >= 4 is 17.7 Å². The molecular formula is C12H22NO5+. The van der Waals surface area contributed by atoms with Gasteiger partial charge in [0.15, 0.2) is 6.10 Å². The lowest BCUT2D eigenvalue weighted by Gasteiger charge is -2.30. The summed E-state index contributed by atoms with van der Waals surface area (Å²) in [6.45, 7) is 3.15. The van der Waals surface area contributed by atoms with Gasteiger partial charge in [-0.15, -0.1) is 0 Å². The van der Waals surface area contributed by atoms with Crippen molar-refractivity contribution in [1.29, 1.82) is 0 Å². The van der Waals surface area contributed by atoms with E-state index in [1.165, 1.54) is 13.8 Å². The lowest BCUT2D eigenvalue weighted by atomic mass is 10.0. The smallest absolute Gasteiger partial charge is 0.313 e. The van der Waals surface area contributed by atoms with Crippen molar-refractivity contribution in [2.24, 2.45) is 5.92 Å². The second-order valence-electron chi connectivity index (χ2n) is 5.51. The first-order valence-corrected chi connectivity index (χ1v) is 5.75. The Morgan fingerprint density at radius 2 is 1.72 bits per heavy atom. The Morgan fingerprint density at radius 3 is 2.06 bits per heavy atom. The molecule has 0 heterocycles. The molecule has 104 valence electrons. The summed E-state index contributed by atoms with van der Waals surface area (Å²) in [6.07, 6.45) is -1.06. The normalized spacial score (nSPS) is 14.7. The van der Waals surface area contributed by atoms with Gasteiger partial charge in [0.1, 0.15) is 18.7 Å². The number of hydrogen-bond donors (Lipinski definition) is 1. The maximum absolute atomic E-state index is 11.4. The van der Waals surface area contributed by atoms with Crippen LogP contribution in [-0.4, -0.2) is 61.1 Å². The lowest BCUT2D eigenvalue weighted by molar-refractivity contribution is -0.873. The van der Waals surface area contributed by atoms with Gasteiger partial charge < -0.3 is 14.3 Å². The second-order valence-corrected chi connectivity index (χ2v) is 5.51. The number of nitrogens with zero attached hydrogens (tertiary/aromatic N) is 1. The summed E-state index contributed by atoms with van der Waals surface area (Å²) in [4.78, 5) is 33.2. The quantitative estimate of drug-likeness (QED) is 0.404. The molecule has 0 aromatic rings. The number of Topliss-reactive ketones (excluding diaryl/α,β-unsaturated/α-hetero) is 1. The van der Waals surface area contributed by atoms with Crippen LogP contribution in [0, 0.1) is 5.92 Å². The first kappa shape index (κ1) is 16.6. The van der Waals surface area contributed by atoms with Gasteiger partial charge in [-0.3, -0.25) is 14.4 Å². The number of hydrogen-bond acceptors (Lipinski definition) is 4. The molecule has 6 nitrogen and oxygen atoms in total. The molecular weight excluding hydrogens is 238 g/mol. The van der Waals surface area contributed by atoms with Crippen LogP contribution >= 0.6 is 0 Å². The summed E-state index contributed by atoms with van der Waals surface area (Å²) < 4.78 is 5.57. The van der Waals surface area contributed by atoms with Crippen LogP contribution in [0.3, 0.4) is 0 Å². The van der Waals surface area contributed by atoms with E-state index in [4.69, 9.17) is 9.84 Å². The lowest BCUT2D eigenvalue weighted by Crippen LogP contribution is -2.47. The van der Waals surface area contributed by atoms with E-state index in [1.807, 2.05) is 21.1 Å². The molecule has 0 amide bonds. The van der Waals surface area contributed by atoms with Crippen LogP contribution in [0.1, 0.15) is 20.3 Å². The van der Waals surface area contributed by atoms with E-state index in [-0.39, 0.29) is 12.2 Å². The first-order valence-electron chi connectivity index (χ1n) is 5.75. The van der Waals surface area contributed by atoms with E-state index in [1.54, 1.807) is 0 Å². The van der Waals surface area contributed by atoms with E-state index in [0.717, 1.165) is 0 Å². The van der Waals surface area contributed by atoms with Crippen LogP contribution in [0.15, 0.2) is 0 Å². The van der Waals surface area contributed by atoms with E-state index in [2.05, 4.69) is 0 Å². The maximum atomic E-state index is 11.4. The third-order valence-electron chi connectivity index (χ3n) is 2.35. The van der Waals surface area contributed by atoms with Gasteiger partial charge in [0, 0.05) is 0 Å². The van der Waals surface area contributed by atoms with Gasteiger partial charge in [-0.1, -0.05) is 0 Å². The Balaban J connectivity index is 4.72. The van der Waals surface area contributed by atoms with Crippen molar-refractivity contribution in [3.63, 3.8) is 0 Å². The van der Waals surface area contributed by atoms with Crippen LogP contribution in [0.2, 0.25) is 0 Å². The zero-order valence-electron chi connectivity index (χ0n) is 11.6. The Bertz CT molecular complexity index is 332. The zero-order chi connectivity index (χ0) is 14.5. The molecule has 0 aliphatic heterocycles. The van der Waals surface area contributed by atoms with Crippen molar-refractivity contribution < 1.29 is 28.7 Å². The number of aliphatic carboxylic acids is 1. The first-order chi connectivity index (χ1) is 8.03. The molecule has 0 aromatic carbocycles. The molecule has 1 N–H and O–H groups in total. The summed E-state index contributed by atoms with van der Waals surface area (Å²) in [5.41, 5.74) is 0. The van der Waals surface area contributed by atoms with E-state index in [0.29, 0.717) is 11.0 Å². The predicted octanol–water partition coefficient (Wildman–Crippen LogP) is 0.304. The molecule has 0 saturated carbocycles. The summed E-state index contributed by atoms with van der Waals surface area (Å²) in [5.74, 6) is -2.80. The second kappa shape index (κ2) is 6.49. The summed E-state index contributed by atoms with van der Waals surface area (Å²) >= 11 is 0. The molecule has 2 atom stereocenters. The summed E-state index contributed by atoms with van der Waals surface area (Å²) in [6, 6.07) is 0. The maximum Gasteiger partial charge on any atom is 0.313 e. The van der Waals surface area contributed by atoms with Crippen LogP contribution in [0.25, 0.3) is 0 Å². The minimum Gasteiger partial charge on any atom is -0.481 e. The third kappa shape index (κ3) is 7.01. The van der Waals surface area contributed by atoms with Gasteiger partial charge >= 0.3 is 11.9 Å². The minimum atomic E-state index is -1.02. The molecule has 0 aliphatic rings. The molecule has 18 heavy (non-hydrogen) atoms. The van der Waals surface area contributed by atoms with Gasteiger partial charge in [-0.05, 0) is 13.8 Å². The van der Waals surface area contributed by atoms with E-state index in [9.17, 15) is 14.4 Å².